The summed E-state index contributed by atoms with van der Waals surface area (Å²) in [6, 6.07) is 0. The molecule has 5 heteroatoms. The number of nitrogens with one attached hydrogen (secondary N) is 1. The Labute approximate surface area is 109 Å². The number of hydrogen-bond acceptors (Lipinski definition) is 3. The number of carbonyl (C=O) groups is 2. The quantitative estimate of drug-likeness (QED) is 0.733. The van der Waals surface area contributed by atoms with Crippen molar-refractivity contribution in [1.82, 2.24) is 10.2 Å². The van der Waals surface area contributed by atoms with Gasteiger partial charge < -0.3 is 15.3 Å². The predicted molar refractivity (Wildman–Crippen MR) is 69.0 cm³/mol. The van der Waals surface area contributed by atoms with Crippen LogP contribution in [0, 0.1) is 0 Å². The monoisotopic (exact) mass is 256 g/mol. The molecule has 0 unspecified atom stereocenters. The third-order valence-electron chi connectivity index (χ3n) is 3.30. The van der Waals surface area contributed by atoms with Crippen LogP contribution < -0.4 is 5.32 Å². The van der Waals surface area contributed by atoms with Crippen molar-refractivity contribution < 1.29 is 14.7 Å². The molecule has 0 aliphatic carbocycles. The molecule has 1 fully saturated rings. The summed E-state index contributed by atoms with van der Waals surface area (Å²) in [5.74, 6) is -0.238. The highest BCUT2D eigenvalue weighted by Crippen LogP contribution is 2.24. The van der Waals surface area contributed by atoms with E-state index in [-0.39, 0.29) is 24.8 Å². The summed E-state index contributed by atoms with van der Waals surface area (Å²) < 4.78 is 0. The van der Waals surface area contributed by atoms with Gasteiger partial charge in [0.1, 0.15) is 0 Å². The van der Waals surface area contributed by atoms with Gasteiger partial charge in [-0.05, 0) is 12.8 Å². The van der Waals surface area contributed by atoms with Crippen LogP contribution in [0.15, 0.2) is 0 Å². The van der Waals surface area contributed by atoms with Gasteiger partial charge in [-0.15, -0.1) is 0 Å². The number of rotatable bonds is 6. The Balaban J connectivity index is 2.57. The predicted octanol–water partition coefficient (Wildman–Crippen LogP) is 0.666. The Bertz CT molecular complexity index is 299. The maximum absolute atomic E-state index is 12.1. The fraction of sp³-hybridized carbons (Fsp3) is 0.846. The minimum atomic E-state index is -0.908. The fourth-order valence-electron chi connectivity index (χ4n) is 2.48. The second-order valence-electron chi connectivity index (χ2n) is 5.07. The molecular formula is C13H24N2O3. The summed E-state index contributed by atoms with van der Waals surface area (Å²) in [6.45, 7) is 5.16. The Kier molecular flexibility index (Phi) is 5.59. The first kappa shape index (κ1) is 15.0. The van der Waals surface area contributed by atoms with Crippen LogP contribution in [0.25, 0.3) is 0 Å². The number of piperazine rings is 1. The van der Waals surface area contributed by atoms with Crippen LogP contribution in [0.4, 0.5) is 0 Å². The molecule has 18 heavy (non-hydrogen) atoms. The molecule has 2 N–H and O–H groups in total. The zero-order valence-electron chi connectivity index (χ0n) is 11.4. The van der Waals surface area contributed by atoms with Gasteiger partial charge in [0.15, 0.2) is 0 Å². The van der Waals surface area contributed by atoms with Gasteiger partial charge in [-0.2, -0.15) is 0 Å². The Morgan fingerprint density at radius 1 is 1.39 bits per heavy atom. The van der Waals surface area contributed by atoms with E-state index < -0.39 is 5.60 Å². The standard InChI is InChI=1S/C13H24N2O3/c1-3-5-13(18,6-4-2)9-12(17)15-8-7-14-11(16)10-15/h18H,3-10H2,1-2H3,(H,14,16). The van der Waals surface area contributed by atoms with Gasteiger partial charge >= 0.3 is 0 Å². The van der Waals surface area contributed by atoms with E-state index in [1.165, 1.54) is 4.90 Å². The second-order valence-corrected chi connectivity index (χ2v) is 5.07. The maximum atomic E-state index is 12.1. The van der Waals surface area contributed by atoms with E-state index >= 15 is 0 Å². The van der Waals surface area contributed by atoms with Crippen LogP contribution in [0.5, 0.6) is 0 Å². The summed E-state index contributed by atoms with van der Waals surface area (Å²) in [5, 5.41) is 13.1. The largest absolute Gasteiger partial charge is 0.389 e. The fourth-order valence-corrected chi connectivity index (χ4v) is 2.48. The number of amides is 2. The molecule has 1 heterocycles. The molecule has 0 atom stereocenters. The van der Waals surface area contributed by atoms with Crippen LogP contribution in [0.1, 0.15) is 46.0 Å². The van der Waals surface area contributed by atoms with E-state index in [1.54, 1.807) is 0 Å². The lowest BCUT2D eigenvalue weighted by molar-refractivity contribution is -0.142. The third-order valence-corrected chi connectivity index (χ3v) is 3.30. The summed E-state index contributed by atoms with van der Waals surface area (Å²) in [7, 11) is 0. The van der Waals surface area contributed by atoms with Crippen molar-refractivity contribution in [2.24, 2.45) is 0 Å². The molecule has 0 aromatic rings. The smallest absolute Gasteiger partial charge is 0.239 e. The molecule has 0 bridgehead atoms. The van der Waals surface area contributed by atoms with E-state index in [0.29, 0.717) is 25.9 Å². The zero-order valence-corrected chi connectivity index (χ0v) is 11.4. The van der Waals surface area contributed by atoms with Gasteiger partial charge in [0.2, 0.25) is 11.8 Å². The van der Waals surface area contributed by atoms with Gasteiger partial charge in [0, 0.05) is 13.1 Å². The lowest BCUT2D eigenvalue weighted by Gasteiger charge is -2.32. The molecule has 2 amide bonds. The molecule has 0 radical (unpaired) electrons. The van der Waals surface area contributed by atoms with Crippen molar-refractivity contribution >= 4 is 11.8 Å². The van der Waals surface area contributed by atoms with Crippen LogP contribution in [0.2, 0.25) is 0 Å². The van der Waals surface area contributed by atoms with Crippen molar-refractivity contribution in [3.63, 3.8) is 0 Å². The minimum Gasteiger partial charge on any atom is -0.389 e. The molecule has 0 aromatic carbocycles. The summed E-state index contributed by atoms with van der Waals surface area (Å²) in [4.78, 5) is 24.9. The van der Waals surface area contributed by atoms with Crippen LogP contribution in [-0.4, -0.2) is 47.1 Å². The van der Waals surface area contributed by atoms with Crippen molar-refractivity contribution in [2.75, 3.05) is 19.6 Å². The highest BCUT2D eigenvalue weighted by Gasteiger charge is 2.31. The van der Waals surface area contributed by atoms with Gasteiger partial charge in [-0.25, -0.2) is 0 Å². The van der Waals surface area contributed by atoms with Crippen LogP contribution in [-0.2, 0) is 9.59 Å². The van der Waals surface area contributed by atoms with Crippen molar-refractivity contribution in [2.45, 2.75) is 51.6 Å². The number of aliphatic hydroxyl groups is 1. The van der Waals surface area contributed by atoms with Crippen molar-refractivity contribution in [1.29, 1.82) is 0 Å². The Morgan fingerprint density at radius 2 is 2.00 bits per heavy atom. The van der Waals surface area contributed by atoms with Gasteiger partial charge in [-0.1, -0.05) is 26.7 Å². The first-order valence-electron chi connectivity index (χ1n) is 6.77. The van der Waals surface area contributed by atoms with E-state index in [0.717, 1.165) is 12.8 Å². The number of nitrogens with zero attached hydrogens (tertiary/aromatic N) is 1. The first-order valence-corrected chi connectivity index (χ1v) is 6.77. The zero-order chi connectivity index (χ0) is 13.6. The summed E-state index contributed by atoms with van der Waals surface area (Å²) in [6.07, 6.45) is 3.09. The molecular weight excluding hydrogens is 232 g/mol. The first-order chi connectivity index (χ1) is 8.50. The average molecular weight is 256 g/mol. The lowest BCUT2D eigenvalue weighted by Crippen LogP contribution is -2.51. The van der Waals surface area contributed by atoms with E-state index in [1.807, 2.05) is 13.8 Å². The highest BCUT2D eigenvalue weighted by molar-refractivity contribution is 5.86. The Morgan fingerprint density at radius 3 is 2.50 bits per heavy atom. The van der Waals surface area contributed by atoms with Gasteiger partial charge in [0.25, 0.3) is 0 Å². The molecule has 1 rings (SSSR count). The Hall–Kier alpha value is -1.10. The normalized spacial score (nSPS) is 16.6. The number of carbonyl (C=O) groups excluding carboxylic acids is 2. The lowest BCUT2D eigenvalue weighted by atomic mass is 9.88. The minimum absolute atomic E-state index is 0.116. The molecule has 104 valence electrons. The summed E-state index contributed by atoms with van der Waals surface area (Å²) in [5.41, 5.74) is -0.908. The molecule has 0 aromatic heterocycles. The van der Waals surface area contributed by atoms with Gasteiger partial charge in [-0.3, -0.25) is 9.59 Å². The van der Waals surface area contributed by atoms with Crippen molar-refractivity contribution in [3.8, 4) is 0 Å². The highest BCUT2D eigenvalue weighted by atomic mass is 16.3. The SMILES string of the molecule is CCCC(O)(CCC)CC(=O)N1CCNC(=O)C1. The summed E-state index contributed by atoms with van der Waals surface area (Å²) >= 11 is 0. The molecule has 0 spiro atoms. The average Bonchev–Trinajstić information content (AvgIpc) is 2.29. The van der Waals surface area contributed by atoms with Crippen LogP contribution in [0.3, 0.4) is 0 Å². The topological polar surface area (TPSA) is 69.6 Å². The van der Waals surface area contributed by atoms with E-state index in [4.69, 9.17) is 0 Å². The number of hydrogen-bond donors (Lipinski definition) is 2. The molecule has 5 nitrogen and oxygen atoms in total. The van der Waals surface area contributed by atoms with E-state index in [2.05, 4.69) is 5.32 Å². The maximum Gasteiger partial charge on any atom is 0.239 e. The molecule has 0 saturated carbocycles. The van der Waals surface area contributed by atoms with Crippen molar-refractivity contribution in [3.05, 3.63) is 0 Å². The van der Waals surface area contributed by atoms with E-state index in [9.17, 15) is 14.7 Å². The van der Waals surface area contributed by atoms with Crippen LogP contribution >= 0.6 is 0 Å². The second kappa shape index (κ2) is 6.73. The molecule has 1 aliphatic heterocycles. The molecule has 1 aliphatic rings. The third kappa shape index (κ3) is 4.29. The van der Waals surface area contributed by atoms with Gasteiger partial charge in [0.05, 0.1) is 18.6 Å². The molecule has 1 saturated heterocycles.